The molecule has 0 unspecified atom stereocenters. The highest BCUT2D eigenvalue weighted by Crippen LogP contribution is 2.30. The highest BCUT2D eigenvalue weighted by atomic mass is 16.3. The van der Waals surface area contributed by atoms with Crippen LogP contribution < -0.4 is 10.2 Å². The van der Waals surface area contributed by atoms with Gasteiger partial charge in [0.05, 0.1) is 11.4 Å². The number of amides is 1. The number of benzene rings is 1. The normalized spacial score (nSPS) is 19.1. The van der Waals surface area contributed by atoms with Gasteiger partial charge in [-0.3, -0.25) is 4.79 Å². The number of carbonyl (C=O) groups excluding carboxylic acids is 1. The zero-order valence-corrected chi connectivity index (χ0v) is 12.9. The summed E-state index contributed by atoms with van der Waals surface area (Å²) in [6, 6.07) is 8.01. The maximum atomic E-state index is 12.3. The van der Waals surface area contributed by atoms with Gasteiger partial charge in [-0.25, -0.2) is 0 Å². The third-order valence-electron chi connectivity index (χ3n) is 4.70. The molecule has 2 N–H and O–H groups in total. The molecule has 1 aliphatic heterocycles. The van der Waals surface area contributed by atoms with Crippen LogP contribution in [0.1, 0.15) is 32.1 Å². The second kappa shape index (κ2) is 6.97. The van der Waals surface area contributed by atoms with Crippen LogP contribution >= 0.6 is 0 Å². The Hall–Kier alpha value is -1.81. The maximum absolute atomic E-state index is 12.3. The van der Waals surface area contributed by atoms with E-state index in [0.717, 1.165) is 62.1 Å². The van der Waals surface area contributed by atoms with Gasteiger partial charge >= 0.3 is 0 Å². The van der Waals surface area contributed by atoms with Crippen molar-refractivity contribution in [2.75, 3.05) is 29.9 Å². The monoisotopic (exact) mass is 300 g/mol. The number of nitrogens with one attached hydrogen (secondary N) is 1. The van der Waals surface area contributed by atoms with Crippen LogP contribution in [0.15, 0.2) is 35.9 Å². The third-order valence-corrected chi connectivity index (χ3v) is 4.70. The van der Waals surface area contributed by atoms with Crippen molar-refractivity contribution in [3.05, 3.63) is 35.9 Å². The number of hydrogen-bond donors (Lipinski definition) is 2. The molecule has 0 bridgehead atoms. The predicted molar refractivity (Wildman–Crippen MR) is 89.0 cm³/mol. The van der Waals surface area contributed by atoms with Crippen molar-refractivity contribution in [2.45, 2.75) is 32.1 Å². The summed E-state index contributed by atoms with van der Waals surface area (Å²) in [6.45, 7) is 2.14. The lowest BCUT2D eigenvalue weighted by Crippen LogP contribution is -2.35. The molecule has 0 radical (unpaired) electrons. The topological polar surface area (TPSA) is 52.6 Å². The van der Waals surface area contributed by atoms with Crippen LogP contribution in [0.3, 0.4) is 0 Å². The smallest absolute Gasteiger partial charge is 0.251 e. The number of allylic oxidation sites excluding steroid dienone is 1. The molecule has 1 aromatic carbocycles. The lowest BCUT2D eigenvalue weighted by Gasteiger charge is -2.34. The Labute approximate surface area is 131 Å². The second-order valence-electron chi connectivity index (χ2n) is 6.21. The average Bonchev–Trinajstić information content (AvgIpc) is 3.10. The van der Waals surface area contributed by atoms with E-state index in [0.29, 0.717) is 5.92 Å². The summed E-state index contributed by atoms with van der Waals surface area (Å²) in [5.74, 6) is 0.455. The first kappa shape index (κ1) is 15.1. The summed E-state index contributed by atoms with van der Waals surface area (Å²) in [5, 5.41) is 12.3. The van der Waals surface area contributed by atoms with Crippen molar-refractivity contribution in [3.63, 3.8) is 0 Å². The fourth-order valence-electron chi connectivity index (χ4n) is 3.29. The third kappa shape index (κ3) is 3.33. The SMILES string of the molecule is O=C(Nc1ccccc1N1CCC(CO)CC1)C1=CCCC1. The minimum absolute atomic E-state index is 0.0372. The maximum Gasteiger partial charge on any atom is 0.251 e. The Morgan fingerprint density at radius 1 is 1.27 bits per heavy atom. The summed E-state index contributed by atoms with van der Waals surface area (Å²) in [6.07, 6.45) is 7.03. The number of para-hydroxylation sites is 2. The number of anilines is 2. The molecule has 0 aromatic heterocycles. The summed E-state index contributed by atoms with van der Waals surface area (Å²) in [5.41, 5.74) is 2.89. The molecule has 118 valence electrons. The summed E-state index contributed by atoms with van der Waals surface area (Å²) in [4.78, 5) is 14.6. The average molecular weight is 300 g/mol. The van der Waals surface area contributed by atoms with Crippen LogP contribution in [-0.4, -0.2) is 30.7 Å². The van der Waals surface area contributed by atoms with Crippen molar-refractivity contribution in [3.8, 4) is 0 Å². The van der Waals surface area contributed by atoms with Gasteiger partial charge in [-0.15, -0.1) is 0 Å². The Balaban J connectivity index is 1.71. The first-order valence-electron chi connectivity index (χ1n) is 8.23. The zero-order chi connectivity index (χ0) is 15.4. The van der Waals surface area contributed by atoms with Gasteiger partial charge in [0.25, 0.3) is 5.91 Å². The Bertz CT molecular complexity index is 560. The Morgan fingerprint density at radius 3 is 2.73 bits per heavy atom. The van der Waals surface area contributed by atoms with Gasteiger partial charge in [0.1, 0.15) is 0 Å². The quantitative estimate of drug-likeness (QED) is 0.899. The van der Waals surface area contributed by atoms with E-state index in [9.17, 15) is 9.90 Å². The molecule has 0 saturated carbocycles. The van der Waals surface area contributed by atoms with E-state index in [1.54, 1.807) is 0 Å². The number of aliphatic hydroxyl groups is 1. The van der Waals surface area contributed by atoms with E-state index in [1.165, 1.54) is 0 Å². The molecule has 4 heteroatoms. The van der Waals surface area contributed by atoms with Crippen LogP contribution in [0, 0.1) is 5.92 Å². The molecular weight excluding hydrogens is 276 g/mol. The van der Waals surface area contributed by atoms with Gasteiger partial charge in [0.15, 0.2) is 0 Å². The molecule has 3 rings (SSSR count). The van der Waals surface area contributed by atoms with E-state index >= 15 is 0 Å². The predicted octanol–water partition coefficient (Wildman–Crippen LogP) is 2.94. The molecule has 1 heterocycles. The standard InChI is InChI=1S/C18H24N2O2/c21-13-14-9-11-20(12-10-14)17-8-4-3-7-16(17)19-18(22)15-5-1-2-6-15/h3-5,7-8,14,21H,1-2,6,9-13H2,(H,19,22). The largest absolute Gasteiger partial charge is 0.396 e. The van der Waals surface area contributed by atoms with Crippen LogP contribution in [0.25, 0.3) is 0 Å². The van der Waals surface area contributed by atoms with Crippen LogP contribution in [0.4, 0.5) is 11.4 Å². The summed E-state index contributed by atoms with van der Waals surface area (Å²) < 4.78 is 0. The molecule has 22 heavy (non-hydrogen) atoms. The van der Waals surface area contributed by atoms with Gasteiger partial charge in [-0.2, -0.15) is 0 Å². The molecule has 4 nitrogen and oxygen atoms in total. The molecule has 0 atom stereocenters. The van der Waals surface area contributed by atoms with Crippen molar-refractivity contribution < 1.29 is 9.90 Å². The lowest BCUT2D eigenvalue weighted by atomic mass is 9.97. The van der Waals surface area contributed by atoms with Crippen molar-refractivity contribution in [2.24, 2.45) is 5.92 Å². The van der Waals surface area contributed by atoms with Crippen molar-refractivity contribution in [1.82, 2.24) is 0 Å². The van der Waals surface area contributed by atoms with Gasteiger partial charge in [-0.05, 0) is 50.2 Å². The van der Waals surface area contributed by atoms with Crippen LogP contribution in [0.5, 0.6) is 0 Å². The number of piperidine rings is 1. The molecule has 1 amide bonds. The lowest BCUT2D eigenvalue weighted by molar-refractivity contribution is -0.112. The highest BCUT2D eigenvalue weighted by Gasteiger charge is 2.21. The Kier molecular flexibility index (Phi) is 4.78. The first-order chi connectivity index (χ1) is 10.8. The van der Waals surface area contributed by atoms with Crippen molar-refractivity contribution >= 4 is 17.3 Å². The molecule has 1 aromatic rings. The minimum Gasteiger partial charge on any atom is -0.396 e. The number of aliphatic hydroxyl groups excluding tert-OH is 1. The van der Waals surface area contributed by atoms with Gasteiger partial charge in [0, 0.05) is 25.3 Å². The second-order valence-corrected chi connectivity index (χ2v) is 6.21. The fourth-order valence-corrected chi connectivity index (χ4v) is 3.29. The molecule has 0 spiro atoms. The number of hydrogen-bond acceptors (Lipinski definition) is 3. The first-order valence-corrected chi connectivity index (χ1v) is 8.23. The highest BCUT2D eigenvalue weighted by molar-refractivity contribution is 6.05. The minimum atomic E-state index is 0.0372. The molecule has 1 fully saturated rings. The fraction of sp³-hybridized carbons (Fsp3) is 0.500. The molecule has 1 saturated heterocycles. The van der Waals surface area contributed by atoms with E-state index in [-0.39, 0.29) is 12.5 Å². The van der Waals surface area contributed by atoms with E-state index in [1.807, 2.05) is 24.3 Å². The summed E-state index contributed by atoms with van der Waals surface area (Å²) >= 11 is 0. The number of nitrogens with zero attached hydrogens (tertiary/aromatic N) is 1. The Morgan fingerprint density at radius 2 is 2.05 bits per heavy atom. The van der Waals surface area contributed by atoms with E-state index in [4.69, 9.17) is 0 Å². The van der Waals surface area contributed by atoms with Gasteiger partial charge in [-0.1, -0.05) is 18.2 Å². The molecular formula is C18H24N2O2. The van der Waals surface area contributed by atoms with Gasteiger partial charge < -0.3 is 15.3 Å². The van der Waals surface area contributed by atoms with Crippen LogP contribution in [0.2, 0.25) is 0 Å². The number of rotatable bonds is 4. The van der Waals surface area contributed by atoms with E-state index in [2.05, 4.69) is 16.3 Å². The van der Waals surface area contributed by atoms with Crippen LogP contribution in [-0.2, 0) is 4.79 Å². The zero-order valence-electron chi connectivity index (χ0n) is 12.9. The van der Waals surface area contributed by atoms with Crippen molar-refractivity contribution in [1.29, 1.82) is 0 Å². The van der Waals surface area contributed by atoms with E-state index < -0.39 is 0 Å². The van der Waals surface area contributed by atoms with Gasteiger partial charge in [0.2, 0.25) is 0 Å². The molecule has 1 aliphatic carbocycles. The molecule has 2 aliphatic rings. The number of carbonyl (C=O) groups is 1. The summed E-state index contributed by atoms with van der Waals surface area (Å²) in [7, 11) is 0.